The normalized spacial score (nSPS) is 12.5. The monoisotopic (exact) mass is 400 g/mol. The van der Waals surface area contributed by atoms with Crippen LogP contribution in [0.15, 0.2) is 59.7 Å². The van der Waals surface area contributed by atoms with Gasteiger partial charge in [0.1, 0.15) is 5.75 Å². The number of hydrogen-bond donors (Lipinski definition) is 0. The minimum absolute atomic E-state index is 0.271. The molecule has 0 radical (unpaired) electrons. The van der Waals surface area contributed by atoms with E-state index in [0.717, 1.165) is 24.4 Å². The van der Waals surface area contributed by atoms with Gasteiger partial charge in [0.2, 0.25) is 0 Å². The summed E-state index contributed by atoms with van der Waals surface area (Å²) in [4.78, 5) is 0. The Labute approximate surface area is 153 Å². The van der Waals surface area contributed by atoms with Crippen LogP contribution in [0.2, 0.25) is 0 Å². The highest BCUT2D eigenvalue weighted by Crippen LogP contribution is 2.34. The molecule has 28 heavy (non-hydrogen) atoms. The molecule has 0 amide bonds. The second-order valence-corrected chi connectivity index (χ2v) is 5.40. The zero-order chi connectivity index (χ0) is 20.4. The number of nitrogens with zero attached hydrogens (tertiary/aromatic N) is 4. The Hall–Kier alpha value is -3.37. The molecular weight excluding hydrogens is 390 g/mol. The van der Waals surface area contributed by atoms with Crippen molar-refractivity contribution in [1.82, 2.24) is 14.9 Å². The van der Waals surface area contributed by atoms with E-state index < -0.39 is 29.8 Å². The molecule has 0 fully saturated rings. The summed E-state index contributed by atoms with van der Waals surface area (Å²) in [5.41, 5.74) is -0.547. The van der Waals surface area contributed by atoms with Crippen LogP contribution < -0.4 is 4.74 Å². The number of aromatic nitrogens is 3. The lowest BCUT2D eigenvalue weighted by Crippen LogP contribution is -2.13. The van der Waals surface area contributed by atoms with Crippen LogP contribution in [-0.4, -0.2) is 21.1 Å². The third kappa shape index (κ3) is 4.48. The van der Waals surface area contributed by atoms with Gasteiger partial charge in [-0.15, -0.1) is 5.10 Å². The van der Waals surface area contributed by atoms with Gasteiger partial charge in [-0.2, -0.15) is 36.1 Å². The van der Waals surface area contributed by atoms with Crippen molar-refractivity contribution in [2.24, 2.45) is 5.10 Å². The minimum Gasteiger partial charge on any atom is -0.423 e. The van der Waals surface area contributed by atoms with Crippen molar-refractivity contribution in [2.75, 3.05) is 0 Å². The molecule has 0 aliphatic heterocycles. The fourth-order valence-electron chi connectivity index (χ4n) is 2.11. The van der Waals surface area contributed by atoms with E-state index in [1.807, 2.05) is 0 Å². The Bertz CT molecular complexity index is 979. The van der Waals surface area contributed by atoms with Crippen LogP contribution >= 0.6 is 0 Å². The largest absolute Gasteiger partial charge is 0.453 e. The fraction of sp³-hybridized carbons (Fsp3) is 0.118. The van der Waals surface area contributed by atoms with Gasteiger partial charge >= 0.3 is 18.4 Å². The summed E-state index contributed by atoms with van der Waals surface area (Å²) in [6.45, 7) is 0. The number of hydrogen-bond acceptors (Lipinski definition) is 4. The molecule has 0 aliphatic carbocycles. The van der Waals surface area contributed by atoms with E-state index in [-0.39, 0.29) is 10.4 Å². The number of benzene rings is 2. The first kappa shape index (κ1) is 19.4. The predicted molar refractivity (Wildman–Crippen MR) is 86.0 cm³/mol. The maximum atomic E-state index is 13.1. The summed E-state index contributed by atoms with van der Waals surface area (Å²) in [6, 6.07) is 11.1. The van der Waals surface area contributed by atoms with Crippen LogP contribution in [0.1, 0.15) is 17.0 Å². The summed E-state index contributed by atoms with van der Waals surface area (Å²) in [7, 11) is 0. The summed E-state index contributed by atoms with van der Waals surface area (Å²) < 4.78 is 83.2. The van der Waals surface area contributed by atoms with Gasteiger partial charge in [-0.05, 0) is 23.8 Å². The topological polar surface area (TPSA) is 52.3 Å². The van der Waals surface area contributed by atoms with Gasteiger partial charge in [0.25, 0.3) is 5.82 Å². The third-order valence-electron chi connectivity index (χ3n) is 3.36. The highest BCUT2D eigenvalue weighted by molar-refractivity contribution is 5.79. The van der Waals surface area contributed by atoms with Gasteiger partial charge in [0.05, 0.1) is 11.8 Å². The van der Waals surface area contributed by atoms with Crippen molar-refractivity contribution < 1.29 is 31.1 Å². The van der Waals surface area contributed by atoms with Crippen LogP contribution in [0.3, 0.4) is 0 Å². The molecule has 2 aromatic carbocycles. The van der Waals surface area contributed by atoms with Crippen LogP contribution in [0.4, 0.5) is 26.3 Å². The Morgan fingerprint density at radius 3 is 2.21 bits per heavy atom. The molecule has 11 heteroatoms. The van der Waals surface area contributed by atoms with E-state index in [1.165, 1.54) is 0 Å². The molecule has 0 N–H and O–H groups in total. The molecule has 0 spiro atoms. The van der Waals surface area contributed by atoms with Gasteiger partial charge in [-0.25, -0.2) is 0 Å². The second-order valence-electron chi connectivity index (χ2n) is 5.40. The zero-order valence-electron chi connectivity index (χ0n) is 13.7. The Balaban J connectivity index is 1.98. The molecular formula is C17H10F6N4O. The molecule has 0 bridgehead atoms. The predicted octanol–water partition coefficient (Wildman–Crippen LogP) is 4.99. The standard InChI is InChI=1S/C17H10F6N4O/c18-16(19,20)12-7-4-8-13(9-12)28-15-26-25-14(17(21,22)23)27(15)24-10-11-5-2-1-3-6-11/h1-10H/b24-10+. The first-order chi connectivity index (χ1) is 13.1. The van der Waals surface area contributed by atoms with Crippen LogP contribution in [0.25, 0.3) is 0 Å². The molecule has 0 saturated carbocycles. The SMILES string of the molecule is FC(F)(F)c1cccc(Oc2nnc(C(F)(F)F)n2/N=C/c2ccccc2)c1. The van der Waals surface area contributed by atoms with E-state index in [1.54, 1.807) is 30.3 Å². The second kappa shape index (κ2) is 7.33. The molecule has 3 rings (SSSR count). The van der Waals surface area contributed by atoms with Crippen molar-refractivity contribution in [3.05, 3.63) is 71.5 Å². The summed E-state index contributed by atoms with van der Waals surface area (Å²) in [5.74, 6) is -1.85. The fourth-order valence-corrected chi connectivity index (χ4v) is 2.11. The molecule has 0 unspecified atom stereocenters. The van der Waals surface area contributed by atoms with Gasteiger partial charge in [-0.1, -0.05) is 41.5 Å². The smallest absolute Gasteiger partial charge is 0.423 e. The summed E-state index contributed by atoms with van der Waals surface area (Å²) in [5, 5.41) is 9.92. The van der Waals surface area contributed by atoms with Crippen molar-refractivity contribution in [2.45, 2.75) is 12.4 Å². The van der Waals surface area contributed by atoms with Crippen LogP contribution in [0, 0.1) is 0 Å². The van der Waals surface area contributed by atoms with E-state index >= 15 is 0 Å². The average Bonchev–Trinajstić information content (AvgIpc) is 3.03. The molecule has 0 saturated heterocycles. The van der Waals surface area contributed by atoms with E-state index in [2.05, 4.69) is 15.3 Å². The minimum atomic E-state index is -4.91. The molecule has 5 nitrogen and oxygen atoms in total. The number of halogens is 6. The molecule has 1 heterocycles. The maximum Gasteiger partial charge on any atom is 0.453 e. The molecule has 3 aromatic rings. The molecule has 0 aliphatic rings. The Morgan fingerprint density at radius 2 is 1.57 bits per heavy atom. The van der Waals surface area contributed by atoms with Crippen LogP contribution in [-0.2, 0) is 12.4 Å². The summed E-state index contributed by atoms with van der Waals surface area (Å²) >= 11 is 0. The van der Waals surface area contributed by atoms with Gasteiger partial charge in [0, 0.05) is 0 Å². The highest BCUT2D eigenvalue weighted by atomic mass is 19.4. The maximum absolute atomic E-state index is 13.1. The van der Waals surface area contributed by atoms with Crippen molar-refractivity contribution in [3.8, 4) is 11.8 Å². The lowest BCUT2D eigenvalue weighted by atomic mass is 10.2. The van der Waals surface area contributed by atoms with E-state index in [9.17, 15) is 26.3 Å². The third-order valence-corrected chi connectivity index (χ3v) is 3.36. The van der Waals surface area contributed by atoms with E-state index in [4.69, 9.17) is 4.74 Å². The zero-order valence-corrected chi connectivity index (χ0v) is 13.7. The first-order valence-corrected chi connectivity index (χ1v) is 7.62. The Morgan fingerprint density at radius 1 is 0.857 bits per heavy atom. The van der Waals surface area contributed by atoms with Gasteiger partial charge < -0.3 is 4.74 Å². The number of ether oxygens (including phenoxy) is 1. The molecule has 0 atom stereocenters. The molecule has 1 aromatic heterocycles. The Kier molecular flexibility index (Phi) is 5.08. The lowest BCUT2D eigenvalue weighted by Gasteiger charge is -2.10. The van der Waals surface area contributed by atoms with Gasteiger partial charge in [-0.3, -0.25) is 0 Å². The van der Waals surface area contributed by atoms with Crippen LogP contribution in [0.5, 0.6) is 11.8 Å². The average molecular weight is 400 g/mol. The quantitative estimate of drug-likeness (QED) is 0.458. The highest BCUT2D eigenvalue weighted by Gasteiger charge is 2.39. The van der Waals surface area contributed by atoms with Crippen molar-refractivity contribution in [3.63, 3.8) is 0 Å². The lowest BCUT2D eigenvalue weighted by molar-refractivity contribution is -0.147. The summed E-state index contributed by atoms with van der Waals surface area (Å²) in [6.07, 6.45) is -8.44. The van der Waals surface area contributed by atoms with E-state index in [0.29, 0.717) is 11.6 Å². The molecule has 146 valence electrons. The number of alkyl halides is 6. The van der Waals surface area contributed by atoms with Crippen molar-refractivity contribution >= 4 is 6.21 Å². The van der Waals surface area contributed by atoms with Gasteiger partial charge in [0.15, 0.2) is 0 Å². The number of rotatable bonds is 4. The first-order valence-electron chi connectivity index (χ1n) is 7.62. The van der Waals surface area contributed by atoms with Crippen molar-refractivity contribution in [1.29, 1.82) is 0 Å².